The first kappa shape index (κ1) is 7.93. The smallest absolute Gasteiger partial charge is 0.00202 e. The van der Waals surface area contributed by atoms with Crippen LogP contribution in [0.5, 0.6) is 0 Å². The minimum atomic E-state index is 0.751. The fourth-order valence-electron chi connectivity index (χ4n) is 2.16. The molecule has 2 fully saturated rings. The van der Waals surface area contributed by atoms with Gasteiger partial charge in [0.1, 0.15) is 0 Å². The molecule has 0 bridgehead atoms. The Kier molecular flexibility index (Phi) is 2.42. The van der Waals surface area contributed by atoms with Crippen LogP contribution in [0.2, 0.25) is 0 Å². The molecule has 2 aliphatic rings. The van der Waals surface area contributed by atoms with Gasteiger partial charge in [-0.2, -0.15) is 11.8 Å². The van der Waals surface area contributed by atoms with Gasteiger partial charge in [-0.05, 0) is 42.6 Å². The summed E-state index contributed by atoms with van der Waals surface area (Å²) >= 11 is 2.14. The van der Waals surface area contributed by atoms with Crippen LogP contribution >= 0.6 is 11.8 Å². The summed E-state index contributed by atoms with van der Waals surface area (Å²) in [5.41, 5.74) is 0.751. The molecular formula is C9H17NS. The normalized spacial score (nSPS) is 30.5. The van der Waals surface area contributed by atoms with E-state index in [1.165, 1.54) is 50.3 Å². The van der Waals surface area contributed by atoms with E-state index >= 15 is 0 Å². The molecule has 0 aromatic rings. The largest absolute Gasteiger partial charge is 0.316 e. The molecule has 11 heavy (non-hydrogen) atoms. The van der Waals surface area contributed by atoms with Crippen LogP contribution in [-0.4, -0.2) is 24.6 Å². The molecule has 64 valence electrons. The highest BCUT2D eigenvalue weighted by atomic mass is 32.2. The van der Waals surface area contributed by atoms with Crippen LogP contribution in [0, 0.1) is 5.41 Å². The lowest BCUT2D eigenvalue weighted by molar-refractivity contribution is 0.135. The number of thioether (sulfide) groups is 1. The third-order valence-corrected chi connectivity index (χ3v) is 4.15. The molecule has 1 nitrogen and oxygen atoms in total. The maximum atomic E-state index is 3.41. The first-order chi connectivity index (χ1) is 5.41. The molecule has 1 N–H and O–H groups in total. The zero-order valence-electron chi connectivity index (χ0n) is 7.07. The van der Waals surface area contributed by atoms with Crippen LogP contribution in [0.15, 0.2) is 0 Å². The fraction of sp³-hybridized carbons (Fsp3) is 1.00. The molecule has 1 spiro atoms. The van der Waals surface area contributed by atoms with Gasteiger partial charge in [-0.3, -0.25) is 0 Å². The van der Waals surface area contributed by atoms with Gasteiger partial charge in [-0.15, -0.1) is 0 Å². The summed E-state index contributed by atoms with van der Waals surface area (Å²) in [4.78, 5) is 0. The molecule has 0 aromatic heterocycles. The van der Waals surface area contributed by atoms with Crippen molar-refractivity contribution >= 4 is 11.8 Å². The van der Waals surface area contributed by atoms with Crippen LogP contribution < -0.4 is 5.32 Å². The van der Waals surface area contributed by atoms with Gasteiger partial charge in [-0.25, -0.2) is 0 Å². The SMILES string of the molecule is C1CSCCCC2(C1)CNC2. The third-order valence-electron chi connectivity index (χ3n) is 2.99. The molecule has 2 heteroatoms. The van der Waals surface area contributed by atoms with Gasteiger partial charge in [0.05, 0.1) is 0 Å². The Morgan fingerprint density at radius 1 is 1.00 bits per heavy atom. The van der Waals surface area contributed by atoms with Crippen LogP contribution in [0.25, 0.3) is 0 Å². The summed E-state index contributed by atoms with van der Waals surface area (Å²) in [5, 5.41) is 3.41. The quantitative estimate of drug-likeness (QED) is 0.597. The monoisotopic (exact) mass is 171 g/mol. The Hall–Kier alpha value is 0.310. The zero-order valence-corrected chi connectivity index (χ0v) is 7.88. The summed E-state index contributed by atoms with van der Waals surface area (Å²) < 4.78 is 0. The second kappa shape index (κ2) is 3.36. The van der Waals surface area contributed by atoms with Crippen LogP contribution in [0.4, 0.5) is 0 Å². The predicted molar refractivity (Wildman–Crippen MR) is 51.1 cm³/mol. The Morgan fingerprint density at radius 3 is 2.09 bits per heavy atom. The standard InChI is InChI=1S/C9H17NS/c1-3-9(7-10-8-9)4-2-6-11-5-1/h10H,1-8H2. The van der Waals surface area contributed by atoms with Crippen molar-refractivity contribution in [1.82, 2.24) is 5.32 Å². The number of hydrogen-bond donors (Lipinski definition) is 1. The van der Waals surface area contributed by atoms with Gasteiger partial charge in [0.25, 0.3) is 0 Å². The maximum absolute atomic E-state index is 3.41. The Labute approximate surface area is 73.3 Å². The van der Waals surface area contributed by atoms with E-state index < -0.39 is 0 Å². The Morgan fingerprint density at radius 2 is 1.64 bits per heavy atom. The van der Waals surface area contributed by atoms with Gasteiger partial charge < -0.3 is 5.32 Å². The minimum absolute atomic E-state index is 0.751. The average molecular weight is 171 g/mol. The van der Waals surface area contributed by atoms with Crippen molar-refractivity contribution in [3.05, 3.63) is 0 Å². The molecule has 0 radical (unpaired) electrons. The second-order valence-electron chi connectivity index (χ2n) is 3.92. The lowest BCUT2D eigenvalue weighted by atomic mass is 9.74. The second-order valence-corrected chi connectivity index (χ2v) is 5.15. The van der Waals surface area contributed by atoms with Crippen molar-refractivity contribution in [2.45, 2.75) is 25.7 Å². The van der Waals surface area contributed by atoms with Crippen molar-refractivity contribution in [3.8, 4) is 0 Å². The maximum Gasteiger partial charge on any atom is 0.00202 e. The molecular weight excluding hydrogens is 154 g/mol. The molecule has 0 aliphatic carbocycles. The highest BCUT2D eigenvalue weighted by Crippen LogP contribution is 2.36. The lowest BCUT2D eigenvalue weighted by Gasteiger charge is -2.44. The molecule has 2 saturated heterocycles. The molecule has 0 amide bonds. The lowest BCUT2D eigenvalue weighted by Crippen LogP contribution is -2.53. The van der Waals surface area contributed by atoms with Gasteiger partial charge in [0.2, 0.25) is 0 Å². The van der Waals surface area contributed by atoms with E-state index in [4.69, 9.17) is 0 Å². The first-order valence-electron chi connectivity index (χ1n) is 4.70. The Balaban J connectivity index is 1.86. The highest BCUT2D eigenvalue weighted by molar-refractivity contribution is 7.99. The molecule has 2 aliphatic heterocycles. The third kappa shape index (κ3) is 1.73. The molecule has 2 heterocycles. The van der Waals surface area contributed by atoms with Crippen molar-refractivity contribution in [2.75, 3.05) is 24.6 Å². The van der Waals surface area contributed by atoms with Crippen molar-refractivity contribution in [3.63, 3.8) is 0 Å². The number of rotatable bonds is 0. The summed E-state index contributed by atoms with van der Waals surface area (Å²) in [5.74, 6) is 2.81. The van der Waals surface area contributed by atoms with E-state index in [9.17, 15) is 0 Å². The van der Waals surface area contributed by atoms with E-state index in [2.05, 4.69) is 17.1 Å². The Bertz CT molecular complexity index is 122. The summed E-state index contributed by atoms with van der Waals surface area (Å²) in [6, 6.07) is 0. The van der Waals surface area contributed by atoms with Gasteiger partial charge in [-0.1, -0.05) is 0 Å². The van der Waals surface area contributed by atoms with Crippen molar-refractivity contribution in [2.24, 2.45) is 5.41 Å². The van der Waals surface area contributed by atoms with Gasteiger partial charge >= 0.3 is 0 Å². The van der Waals surface area contributed by atoms with Gasteiger partial charge in [0, 0.05) is 13.1 Å². The fourth-order valence-corrected chi connectivity index (χ4v) is 3.06. The van der Waals surface area contributed by atoms with E-state index in [1.807, 2.05) is 0 Å². The minimum Gasteiger partial charge on any atom is -0.316 e. The zero-order chi connectivity index (χ0) is 7.57. The van der Waals surface area contributed by atoms with Crippen LogP contribution in [-0.2, 0) is 0 Å². The van der Waals surface area contributed by atoms with Crippen molar-refractivity contribution in [1.29, 1.82) is 0 Å². The average Bonchev–Trinajstić information content (AvgIpc) is 1.82. The summed E-state index contributed by atoms with van der Waals surface area (Å²) in [6.07, 6.45) is 5.86. The number of hydrogen-bond acceptors (Lipinski definition) is 2. The van der Waals surface area contributed by atoms with Crippen LogP contribution in [0.3, 0.4) is 0 Å². The number of nitrogens with one attached hydrogen (secondary N) is 1. The van der Waals surface area contributed by atoms with Crippen LogP contribution in [0.1, 0.15) is 25.7 Å². The molecule has 0 unspecified atom stereocenters. The predicted octanol–water partition coefficient (Wildman–Crippen LogP) is 1.88. The van der Waals surface area contributed by atoms with E-state index in [1.54, 1.807) is 0 Å². The van der Waals surface area contributed by atoms with Crippen molar-refractivity contribution < 1.29 is 0 Å². The molecule has 0 aromatic carbocycles. The summed E-state index contributed by atoms with van der Waals surface area (Å²) in [7, 11) is 0. The molecule has 2 rings (SSSR count). The highest BCUT2D eigenvalue weighted by Gasteiger charge is 2.35. The topological polar surface area (TPSA) is 12.0 Å². The van der Waals surface area contributed by atoms with Gasteiger partial charge in [0.15, 0.2) is 0 Å². The molecule has 0 atom stereocenters. The molecule has 0 saturated carbocycles. The van der Waals surface area contributed by atoms with E-state index in [0.29, 0.717) is 0 Å². The van der Waals surface area contributed by atoms with E-state index in [-0.39, 0.29) is 0 Å². The summed E-state index contributed by atoms with van der Waals surface area (Å²) in [6.45, 7) is 2.61. The van der Waals surface area contributed by atoms with E-state index in [0.717, 1.165) is 5.41 Å². The first-order valence-corrected chi connectivity index (χ1v) is 5.85.